The van der Waals surface area contributed by atoms with Gasteiger partial charge < -0.3 is 10.1 Å². The molecule has 1 heterocycles. The summed E-state index contributed by atoms with van der Waals surface area (Å²) < 4.78 is 5.46. The summed E-state index contributed by atoms with van der Waals surface area (Å²) in [5.41, 5.74) is 1.86. The Balaban J connectivity index is 1.87. The lowest BCUT2D eigenvalue weighted by Gasteiger charge is -2.30. The molecule has 4 nitrogen and oxygen atoms in total. The van der Waals surface area contributed by atoms with Gasteiger partial charge in [-0.3, -0.25) is 9.69 Å². The van der Waals surface area contributed by atoms with Crippen molar-refractivity contribution in [2.75, 3.05) is 19.7 Å². The number of carbonyl (C=O) groups is 1. The van der Waals surface area contributed by atoms with Crippen LogP contribution >= 0.6 is 0 Å². The molecule has 4 heteroatoms. The van der Waals surface area contributed by atoms with Gasteiger partial charge in [0.1, 0.15) is 5.75 Å². The smallest absolute Gasteiger partial charge is 0.251 e. The van der Waals surface area contributed by atoms with E-state index in [1.165, 1.54) is 0 Å². The summed E-state index contributed by atoms with van der Waals surface area (Å²) >= 11 is 0. The van der Waals surface area contributed by atoms with Crippen LogP contribution in [0.5, 0.6) is 5.75 Å². The zero-order valence-corrected chi connectivity index (χ0v) is 13.5. The Labute approximate surface area is 127 Å². The zero-order valence-electron chi connectivity index (χ0n) is 13.5. The molecular weight excluding hydrogens is 264 g/mol. The molecule has 0 saturated heterocycles. The zero-order chi connectivity index (χ0) is 15.4. The Bertz CT molecular complexity index is 490. The average Bonchev–Trinajstić information content (AvgIpc) is 2.89. The normalized spacial score (nSPS) is 13.7. The summed E-state index contributed by atoms with van der Waals surface area (Å²) in [5, 5.41) is 3.01. The highest BCUT2D eigenvalue weighted by atomic mass is 16.5. The van der Waals surface area contributed by atoms with Crippen molar-refractivity contribution >= 4 is 5.91 Å². The molecule has 1 N–H and O–H groups in total. The fraction of sp³-hybridized carbons (Fsp3) is 0.588. The van der Waals surface area contributed by atoms with E-state index in [2.05, 4.69) is 37.9 Å². The molecule has 0 saturated carbocycles. The van der Waals surface area contributed by atoms with Crippen LogP contribution in [0.1, 0.15) is 43.6 Å². The van der Waals surface area contributed by atoms with E-state index >= 15 is 0 Å². The van der Waals surface area contributed by atoms with Gasteiger partial charge in [0.15, 0.2) is 0 Å². The Morgan fingerprint density at radius 2 is 2.00 bits per heavy atom. The van der Waals surface area contributed by atoms with E-state index < -0.39 is 0 Å². The van der Waals surface area contributed by atoms with Crippen LogP contribution in [0.15, 0.2) is 18.2 Å². The molecule has 0 aromatic heterocycles. The van der Waals surface area contributed by atoms with Crippen molar-refractivity contribution in [3.05, 3.63) is 29.3 Å². The lowest BCUT2D eigenvalue weighted by Crippen LogP contribution is -2.42. The number of carbonyl (C=O) groups excluding carboxylic acids is 1. The van der Waals surface area contributed by atoms with Crippen molar-refractivity contribution < 1.29 is 9.53 Å². The first-order valence-corrected chi connectivity index (χ1v) is 7.78. The van der Waals surface area contributed by atoms with E-state index in [1.54, 1.807) is 0 Å². The number of fused-ring (bicyclic) bond motifs is 1. The molecular formula is C17H26N2O2. The predicted molar refractivity (Wildman–Crippen MR) is 85.0 cm³/mol. The number of amides is 1. The topological polar surface area (TPSA) is 41.6 Å². The molecule has 0 aliphatic carbocycles. The summed E-state index contributed by atoms with van der Waals surface area (Å²) in [5.74, 6) is 0.912. The molecule has 1 aromatic carbocycles. The van der Waals surface area contributed by atoms with Gasteiger partial charge in [-0.15, -0.1) is 0 Å². The minimum Gasteiger partial charge on any atom is -0.493 e. The highest BCUT2D eigenvalue weighted by molar-refractivity contribution is 5.94. The van der Waals surface area contributed by atoms with Gasteiger partial charge in [-0.2, -0.15) is 0 Å². The van der Waals surface area contributed by atoms with Crippen LogP contribution in [-0.2, 0) is 6.42 Å². The van der Waals surface area contributed by atoms with Crippen molar-refractivity contribution in [3.8, 4) is 5.75 Å². The van der Waals surface area contributed by atoms with Gasteiger partial charge >= 0.3 is 0 Å². The number of nitrogens with zero attached hydrogens (tertiary/aromatic N) is 1. The summed E-state index contributed by atoms with van der Waals surface area (Å²) in [6, 6.07) is 6.65. The molecule has 0 atom stereocenters. The molecule has 1 aliphatic heterocycles. The number of ether oxygens (including phenoxy) is 1. The van der Waals surface area contributed by atoms with Gasteiger partial charge in [-0.25, -0.2) is 0 Å². The second-order valence-corrected chi connectivity index (χ2v) is 6.10. The predicted octanol–water partition coefficient (Wildman–Crippen LogP) is 2.47. The number of hydrogen-bond donors (Lipinski definition) is 1. The molecule has 0 unspecified atom stereocenters. The van der Waals surface area contributed by atoms with E-state index in [9.17, 15) is 4.79 Å². The Kier molecular flexibility index (Phi) is 5.23. The summed E-state index contributed by atoms with van der Waals surface area (Å²) in [4.78, 5) is 14.6. The Hall–Kier alpha value is -1.55. The third kappa shape index (κ3) is 3.97. The van der Waals surface area contributed by atoms with E-state index in [0.717, 1.165) is 36.4 Å². The molecule has 1 aliphatic rings. The van der Waals surface area contributed by atoms with Crippen LogP contribution in [0.4, 0.5) is 0 Å². The molecule has 0 fully saturated rings. The molecule has 21 heavy (non-hydrogen) atoms. The second-order valence-electron chi connectivity index (χ2n) is 6.10. The quantitative estimate of drug-likeness (QED) is 0.875. The largest absolute Gasteiger partial charge is 0.493 e. The lowest BCUT2D eigenvalue weighted by atomic mass is 10.1. The number of rotatable bonds is 6. The van der Waals surface area contributed by atoms with Gasteiger partial charge in [0.2, 0.25) is 0 Å². The van der Waals surface area contributed by atoms with Gasteiger partial charge in [0.25, 0.3) is 5.91 Å². The third-order valence-electron chi connectivity index (χ3n) is 3.93. The maximum absolute atomic E-state index is 12.2. The van der Waals surface area contributed by atoms with Crippen molar-refractivity contribution in [3.63, 3.8) is 0 Å². The van der Waals surface area contributed by atoms with Crippen molar-refractivity contribution in [1.82, 2.24) is 10.2 Å². The first-order valence-electron chi connectivity index (χ1n) is 7.78. The van der Waals surface area contributed by atoms with Crippen LogP contribution in [0, 0.1) is 0 Å². The number of hydrogen-bond acceptors (Lipinski definition) is 3. The Morgan fingerprint density at radius 3 is 2.67 bits per heavy atom. The lowest BCUT2D eigenvalue weighted by molar-refractivity contribution is 0.0939. The minimum absolute atomic E-state index is 0.00263. The van der Waals surface area contributed by atoms with E-state index in [-0.39, 0.29) is 5.91 Å². The summed E-state index contributed by atoms with van der Waals surface area (Å²) in [7, 11) is 0. The standard InChI is InChI=1S/C17H26N2O2/c1-12(2)19(13(3)4)9-8-18-17(20)15-5-6-16-14(11-15)7-10-21-16/h5-6,11-13H,7-10H2,1-4H3,(H,18,20). The van der Waals surface area contributed by atoms with E-state index in [4.69, 9.17) is 4.74 Å². The number of benzene rings is 1. The third-order valence-corrected chi connectivity index (χ3v) is 3.93. The second kappa shape index (κ2) is 6.94. The molecule has 116 valence electrons. The Morgan fingerprint density at radius 1 is 1.29 bits per heavy atom. The van der Waals surface area contributed by atoms with Crippen LogP contribution in [0.25, 0.3) is 0 Å². The van der Waals surface area contributed by atoms with Gasteiger partial charge in [0.05, 0.1) is 6.61 Å². The van der Waals surface area contributed by atoms with Crippen LogP contribution in [-0.4, -0.2) is 42.6 Å². The highest BCUT2D eigenvalue weighted by Crippen LogP contribution is 2.25. The van der Waals surface area contributed by atoms with Gasteiger partial charge in [-0.05, 0) is 51.5 Å². The van der Waals surface area contributed by atoms with Gasteiger partial charge in [0, 0.05) is 37.2 Å². The van der Waals surface area contributed by atoms with Crippen LogP contribution in [0.2, 0.25) is 0 Å². The molecule has 0 bridgehead atoms. The summed E-state index contributed by atoms with van der Waals surface area (Å²) in [6.45, 7) is 11.0. The monoisotopic (exact) mass is 290 g/mol. The van der Waals surface area contributed by atoms with E-state index in [1.807, 2.05) is 18.2 Å². The highest BCUT2D eigenvalue weighted by Gasteiger charge is 2.16. The van der Waals surface area contributed by atoms with Crippen molar-refractivity contribution in [2.45, 2.75) is 46.2 Å². The average molecular weight is 290 g/mol. The maximum atomic E-state index is 12.2. The minimum atomic E-state index is -0.00263. The summed E-state index contributed by atoms with van der Waals surface area (Å²) in [6.07, 6.45) is 0.894. The molecule has 0 spiro atoms. The molecule has 2 rings (SSSR count). The fourth-order valence-electron chi connectivity index (χ4n) is 2.84. The van der Waals surface area contributed by atoms with Crippen molar-refractivity contribution in [1.29, 1.82) is 0 Å². The van der Waals surface area contributed by atoms with Crippen LogP contribution < -0.4 is 10.1 Å². The maximum Gasteiger partial charge on any atom is 0.251 e. The van der Waals surface area contributed by atoms with Gasteiger partial charge in [-0.1, -0.05) is 0 Å². The number of nitrogens with one attached hydrogen (secondary N) is 1. The first-order chi connectivity index (χ1) is 9.99. The molecule has 0 radical (unpaired) electrons. The fourth-order valence-corrected chi connectivity index (χ4v) is 2.84. The first kappa shape index (κ1) is 15.8. The SMILES string of the molecule is CC(C)N(CCNC(=O)c1ccc2c(c1)CCO2)C(C)C. The van der Waals surface area contributed by atoms with Crippen molar-refractivity contribution in [2.24, 2.45) is 0 Å². The molecule has 1 aromatic rings. The molecule has 1 amide bonds. The van der Waals surface area contributed by atoms with E-state index in [0.29, 0.717) is 18.6 Å². The van der Waals surface area contributed by atoms with Crippen LogP contribution in [0.3, 0.4) is 0 Å².